The smallest absolute Gasteiger partial charge is 0.306 e. The molecular formula is C35H66NO6+. The van der Waals surface area contributed by atoms with Gasteiger partial charge in [-0.25, -0.2) is 0 Å². The number of aliphatic carboxylic acids is 3. The van der Waals surface area contributed by atoms with Crippen LogP contribution in [-0.2, 0) is 14.4 Å². The topological polar surface area (TPSA) is 112 Å². The summed E-state index contributed by atoms with van der Waals surface area (Å²) in [6, 6.07) is 0. The Labute approximate surface area is 257 Å². The second-order valence-corrected chi connectivity index (χ2v) is 13.0. The van der Waals surface area contributed by atoms with E-state index < -0.39 is 35.7 Å². The third kappa shape index (κ3) is 21.8. The number of carboxylic acid groups (broad SMARTS) is 3. The molecule has 246 valence electrons. The van der Waals surface area contributed by atoms with Crippen LogP contribution in [0.5, 0.6) is 0 Å². The minimum absolute atomic E-state index is 0.482. The molecule has 0 saturated heterocycles. The highest BCUT2D eigenvalue weighted by atomic mass is 16.4. The Morgan fingerprint density at radius 1 is 0.500 bits per heavy atom. The molecule has 42 heavy (non-hydrogen) atoms. The first-order valence-electron chi connectivity index (χ1n) is 17.2. The van der Waals surface area contributed by atoms with E-state index in [1.807, 2.05) is 0 Å². The van der Waals surface area contributed by atoms with Gasteiger partial charge in [-0.3, -0.25) is 14.4 Å². The number of allylic oxidation sites excluding steroid dienone is 2. The summed E-state index contributed by atoms with van der Waals surface area (Å²) >= 11 is 0. The quantitative estimate of drug-likeness (QED) is 0.0433. The number of carboxylic acids is 3. The van der Waals surface area contributed by atoms with Gasteiger partial charge in [0.2, 0.25) is 0 Å². The Hall–Kier alpha value is -1.89. The van der Waals surface area contributed by atoms with Crippen molar-refractivity contribution < 1.29 is 34.2 Å². The van der Waals surface area contributed by atoms with Gasteiger partial charge in [0.1, 0.15) is 0 Å². The van der Waals surface area contributed by atoms with Gasteiger partial charge in [0.25, 0.3) is 0 Å². The molecule has 0 aliphatic heterocycles. The monoisotopic (exact) mass is 596 g/mol. The van der Waals surface area contributed by atoms with Crippen molar-refractivity contribution in [3.63, 3.8) is 0 Å². The van der Waals surface area contributed by atoms with E-state index in [9.17, 15) is 29.7 Å². The maximum absolute atomic E-state index is 11.5. The van der Waals surface area contributed by atoms with Crippen LogP contribution in [0.3, 0.4) is 0 Å². The first kappa shape index (κ1) is 40.1. The normalized spacial score (nSPS) is 15.3. The van der Waals surface area contributed by atoms with Crippen LogP contribution in [-0.4, -0.2) is 63.9 Å². The molecule has 3 atom stereocenters. The number of carbonyl (C=O) groups is 3. The molecule has 0 aliphatic rings. The van der Waals surface area contributed by atoms with Gasteiger partial charge in [-0.15, -0.1) is 0 Å². The molecule has 0 rings (SSSR count). The van der Waals surface area contributed by atoms with E-state index in [-0.39, 0.29) is 0 Å². The minimum Gasteiger partial charge on any atom is -0.481 e. The summed E-state index contributed by atoms with van der Waals surface area (Å²) in [5.41, 5.74) is 0. The number of hydrogen-bond acceptors (Lipinski definition) is 3. The van der Waals surface area contributed by atoms with Crippen LogP contribution in [0.15, 0.2) is 12.2 Å². The highest BCUT2D eigenvalue weighted by Gasteiger charge is 2.31. The second-order valence-electron chi connectivity index (χ2n) is 13.0. The van der Waals surface area contributed by atoms with Crippen molar-refractivity contribution in [1.29, 1.82) is 0 Å². The van der Waals surface area contributed by atoms with Crippen molar-refractivity contribution in [1.82, 2.24) is 0 Å². The summed E-state index contributed by atoms with van der Waals surface area (Å²) in [5.74, 6) is -3.92. The zero-order valence-corrected chi connectivity index (χ0v) is 27.7. The molecule has 3 N–H and O–H groups in total. The highest BCUT2D eigenvalue weighted by molar-refractivity contribution is 5.70. The van der Waals surface area contributed by atoms with Gasteiger partial charge in [-0.05, 0) is 38.5 Å². The number of hydrogen-bond donors (Lipinski definition) is 3. The molecule has 0 aromatic heterocycles. The van der Waals surface area contributed by atoms with Crippen molar-refractivity contribution in [2.45, 2.75) is 150 Å². The lowest BCUT2D eigenvalue weighted by Gasteiger charge is -2.40. The van der Waals surface area contributed by atoms with Crippen LogP contribution in [0.1, 0.15) is 150 Å². The number of quaternary nitrogens is 1. The van der Waals surface area contributed by atoms with E-state index in [0.29, 0.717) is 43.4 Å². The predicted molar refractivity (Wildman–Crippen MR) is 173 cm³/mol. The molecular weight excluding hydrogens is 530 g/mol. The molecule has 0 spiro atoms. The SMILES string of the molecule is CCCCCCCCCCC/C=C\CCCCCCC[N+](CCC(C)C(=O)O)(CCC(C)C(=O)O)CCC(C)C(=O)O. The molecule has 0 aliphatic carbocycles. The van der Waals surface area contributed by atoms with Gasteiger partial charge in [0, 0.05) is 19.3 Å². The molecule has 0 saturated carbocycles. The average molecular weight is 597 g/mol. The lowest BCUT2D eigenvalue weighted by molar-refractivity contribution is -0.929. The Balaban J connectivity index is 4.55. The first-order valence-corrected chi connectivity index (χ1v) is 17.2. The molecule has 7 heteroatoms. The van der Waals surface area contributed by atoms with Gasteiger partial charge in [0.15, 0.2) is 0 Å². The Bertz CT molecular complexity index is 677. The van der Waals surface area contributed by atoms with Crippen LogP contribution in [0, 0.1) is 17.8 Å². The molecule has 0 bridgehead atoms. The number of unbranched alkanes of at least 4 members (excludes halogenated alkanes) is 14. The fraction of sp³-hybridized carbons (Fsp3) is 0.857. The van der Waals surface area contributed by atoms with Gasteiger partial charge in [-0.2, -0.15) is 0 Å². The Kier molecular flexibility index (Phi) is 24.4. The Morgan fingerprint density at radius 2 is 0.810 bits per heavy atom. The lowest BCUT2D eigenvalue weighted by atomic mass is 10.0. The molecule has 0 fully saturated rings. The molecule has 0 aromatic carbocycles. The summed E-state index contributed by atoms with van der Waals surface area (Å²) in [5, 5.41) is 28.3. The van der Waals surface area contributed by atoms with Gasteiger partial charge in [-0.1, -0.05) is 104 Å². The standard InChI is InChI=1S/C35H65NO6/c1-5-6-7-8-9-10-11-12-13-14-15-16-17-18-19-20-21-22-26-36(27-23-30(2)33(37)38,28-24-31(3)34(39)40)29-25-32(4)35(41)42/h15-16,30-32H,5-14,17-29H2,1-4H3,(H2-,37,38,39,40,41,42)/p+1/b16-15-. The van der Waals surface area contributed by atoms with E-state index >= 15 is 0 Å². The van der Waals surface area contributed by atoms with Crippen LogP contribution in [0.25, 0.3) is 0 Å². The van der Waals surface area contributed by atoms with Crippen molar-refractivity contribution in [3.8, 4) is 0 Å². The predicted octanol–water partition coefficient (Wildman–Crippen LogP) is 8.95. The summed E-state index contributed by atoms with van der Waals surface area (Å²) in [6.07, 6.45) is 26.4. The third-order valence-electron chi connectivity index (χ3n) is 9.02. The van der Waals surface area contributed by atoms with Crippen LogP contribution < -0.4 is 0 Å². The van der Waals surface area contributed by atoms with E-state index in [4.69, 9.17) is 0 Å². The molecule has 0 heterocycles. The van der Waals surface area contributed by atoms with E-state index in [1.165, 1.54) is 77.0 Å². The van der Waals surface area contributed by atoms with Crippen molar-refractivity contribution in [3.05, 3.63) is 12.2 Å². The lowest BCUT2D eigenvalue weighted by Crippen LogP contribution is -2.52. The largest absolute Gasteiger partial charge is 0.481 e. The number of rotatable bonds is 30. The summed E-state index contributed by atoms with van der Waals surface area (Å²) < 4.78 is 0.606. The zero-order chi connectivity index (χ0) is 31.6. The second kappa shape index (κ2) is 25.6. The molecule has 0 aromatic rings. The maximum Gasteiger partial charge on any atom is 0.306 e. The van der Waals surface area contributed by atoms with E-state index in [0.717, 1.165) is 32.2 Å². The van der Waals surface area contributed by atoms with Gasteiger partial charge < -0.3 is 19.8 Å². The van der Waals surface area contributed by atoms with Crippen molar-refractivity contribution >= 4 is 17.9 Å². The fourth-order valence-electron chi connectivity index (χ4n) is 5.49. The number of nitrogens with zero attached hydrogens (tertiary/aromatic N) is 1. The first-order chi connectivity index (χ1) is 20.0. The highest BCUT2D eigenvalue weighted by Crippen LogP contribution is 2.22. The van der Waals surface area contributed by atoms with Gasteiger partial charge in [0.05, 0.1) is 43.9 Å². The maximum atomic E-state index is 11.5. The molecule has 0 amide bonds. The van der Waals surface area contributed by atoms with Crippen LogP contribution in [0.2, 0.25) is 0 Å². The van der Waals surface area contributed by atoms with Crippen molar-refractivity contribution in [2.24, 2.45) is 17.8 Å². The average Bonchev–Trinajstić information content (AvgIpc) is 2.96. The molecule has 3 unspecified atom stereocenters. The van der Waals surface area contributed by atoms with E-state index in [1.54, 1.807) is 20.8 Å². The summed E-state index contributed by atoms with van der Waals surface area (Å²) in [7, 11) is 0. The molecule has 7 nitrogen and oxygen atoms in total. The van der Waals surface area contributed by atoms with Crippen LogP contribution in [0.4, 0.5) is 0 Å². The fourth-order valence-corrected chi connectivity index (χ4v) is 5.49. The van der Waals surface area contributed by atoms with Crippen LogP contribution >= 0.6 is 0 Å². The van der Waals surface area contributed by atoms with Gasteiger partial charge >= 0.3 is 17.9 Å². The zero-order valence-electron chi connectivity index (χ0n) is 27.7. The van der Waals surface area contributed by atoms with Crippen molar-refractivity contribution in [2.75, 3.05) is 26.2 Å². The summed E-state index contributed by atoms with van der Waals surface area (Å²) in [4.78, 5) is 34.5. The Morgan fingerprint density at radius 3 is 1.14 bits per heavy atom. The minimum atomic E-state index is -0.826. The van der Waals surface area contributed by atoms with E-state index in [2.05, 4.69) is 19.1 Å². The summed E-state index contributed by atoms with van der Waals surface area (Å²) in [6.45, 7) is 10.1. The third-order valence-corrected chi connectivity index (χ3v) is 9.02. The molecule has 0 radical (unpaired) electrons.